The van der Waals surface area contributed by atoms with Crippen molar-refractivity contribution in [1.29, 1.82) is 5.26 Å². The van der Waals surface area contributed by atoms with Crippen molar-refractivity contribution in [2.45, 2.75) is 6.61 Å². The highest BCUT2D eigenvalue weighted by Crippen LogP contribution is 2.30. The van der Waals surface area contributed by atoms with Gasteiger partial charge in [0.05, 0.1) is 18.2 Å². The van der Waals surface area contributed by atoms with Crippen LogP contribution in [0, 0.1) is 11.3 Å². The second-order valence-corrected chi connectivity index (χ2v) is 4.59. The maximum Gasteiger partial charge on any atom is 0.0992 e. The molecular formula is C15H13ClN2O. The van der Waals surface area contributed by atoms with E-state index in [2.05, 4.69) is 6.07 Å². The molecule has 0 fully saturated rings. The van der Waals surface area contributed by atoms with Crippen LogP contribution in [0.3, 0.4) is 0 Å². The quantitative estimate of drug-likeness (QED) is 0.931. The minimum absolute atomic E-state index is 0.0607. The van der Waals surface area contributed by atoms with Crippen molar-refractivity contribution in [1.82, 2.24) is 0 Å². The zero-order valence-electron chi connectivity index (χ0n) is 10.5. The van der Waals surface area contributed by atoms with Gasteiger partial charge >= 0.3 is 0 Å². The van der Waals surface area contributed by atoms with Gasteiger partial charge in [-0.1, -0.05) is 23.7 Å². The Morgan fingerprint density at radius 2 is 2.05 bits per heavy atom. The number of rotatable bonds is 3. The largest absolute Gasteiger partial charge is 0.392 e. The molecule has 0 spiro atoms. The lowest BCUT2D eigenvalue weighted by Gasteiger charge is -2.22. The molecule has 0 bridgehead atoms. The third kappa shape index (κ3) is 2.87. The molecule has 0 radical (unpaired) electrons. The highest BCUT2D eigenvalue weighted by atomic mass is 35.5. The number of anilines is 2. The molecule has 0 saturated carbocycles. The van der Waals surface area contributed by atoms with Gasteiger partial charge in [0.15, 0.2) is 0 Å². The fourth-order valence-corrected chi connectivity index (χ4v) is 2.07. The molecule has 0 aliphatic rings. The van der Waals surface area contributed by atoms with Gasteiger partial charge in [-0.2, -0.15) is 5.26 Å². The molecule has 0 atom stereocenters. The van der Waals surface area contributed by atoms with Crippen molar-refractivity contribution in [3.8, 4) is 6.07 Å². The van der Waals surface area contributed by atoms with Crippen LogP contribution in [-0.4, -0.2) is 12.2 Å². The third-order valence-corrected chi connectivity index (χ3v) is 3.18. The zero-order valence-corrected chi connectivity index (χ0v) is 11.2. The van der Waals surface area contributed by atoms with E-state index < -0.39 is 0 Å². The van der Waals surface area contributed by atoms with Gasteiger partial charge in [0.2, 0.25) is 0 Å². The molecule has 4 heteroatoms. The second kappa shape index (κ2) is 5.75. The van der Waals surface area contributed by atoms with Gasteiger partial charge in [-0.15, -0.1) is 0 Å². The Balaban J connectivity index is 2.46. The second-order valence-electron chi connectivity index (χ2n) is 4.15. The maximum absolute atomic E-state index is 9.38. The Morgan fingerprint density at radius 1 is 1.26 bits per heavy atom. The Morgan fingerprint density at radius 3 is 2.74 bits per heavy atom. The highest BCUT2D eigenvalue weighted by Gasteiger charge is 2.10. The van der Waals surface area contributed by atoms with E-state index in [1.807, 2.05) is 24.1 Å². The predicted octanol–water partition coefficient (Wildman–Crippen LogP) is 3.47. The molecule has 0 aliphatic heterocycles. The lowest BCUT2D eigenvalue weighted by atomic mass is 10.1. The number of hydrogen-bond donors (Lipinski definition) is 1. The first-order valence-corrected chi connectivity index (χ1v) is 6.16. The first-order valence-electron chi connectivity index (χ1n) is 5.79. The normalized spacial score (nSPS) is 10.0. The van der Waals surface area contributed by atoms with Gasteiger partial charge in [0.1, 0.15) is 0 Å². The van der Waals surface area contributed by atoms with Gasteiger partial charge in [-0.25, -0.2) is 0 Å². The molecule has 0 amide bonds. The van der Waals surface area contributed by atoms with E-state index in [4.69, 9.17) is 16.9 Å². The molecule has 1 N–H and O–H groups in total. The summed E-state index contributed by atoms with van der Waals surface area (Å²) in [6.45, 7) is -0.0607. The van der Waals surface area contributed by atoms with Crippen molar-refractivity contribution in [2.24, 2.45) is 0 Å². The summed E-state index contributed by atoms with van der Waals surface area (Å²) in [5, 5.41) is 18.9. The third-order valence-electron chi connectivity index (χ3n) is 2.94. The number of halogens is 1. The summed E-state index contributed by atoms with van der Waals surface area (Å²) in [7, 11) is 1.88. The molecule has 0 aliphatic carbocycles. The molecule has 19 heavy (non-hydrogen) atoms. The predicted molar refractivity (Wildman–Crippen MR) is 76.6 cm³/mol. The van der Waals surface area contributed by atoms with E-state index in [0.717, 1.165) is 16.9 Å². The summed E-state index contributed by atoms with van der Waals surface area (Å²) >= 11 is 6.00. The van der Waals surface area contributed by atoms with Crippen LogP contribution in [0.4, 0.5) is 11.4 Å². The number of benzene rings is 2. The number of aliphatic hydroxyl groups excluding tert-OH is 1. The van der Waals surface area contributed by atoms with Crippen molar-refractivity contribution in [2.75, 3.05) is 11.9 Å². The molecule has 0 saturated heterocycles. The molecule has 3 nitrogen and oxygen atoms in total. The topological polar surface area (TPSA) is 47.3 Å². The van der Waals surface area contributed by atoms with Gasteiger partial charge in [-0.3, -0.25) is 0 Å². The van der Waals surface area contributed by atoms with Gasteiger partial charge < -0.3 is 10.0 Å². The molecule has 96 valence electrons. The number of hydrogen-bond acceptors (Lipinski definition) is 3. The van der Waals surface area contributed by atoms with Crippen molar-refractivity contribution in [3.05, 3.63) is 58.6 Å². The monoisotopic (exact) mass is 272 g/mol. The number of nitrogens with zero attached hydrogens (tertiary/aromatic N) is 2. The zero-order chi connectivity index (χ0) is 13.8. The van der Waals surface area contributed by atoms with Gasteiger partial charge in [0.25, 0.3) is 0 Å². The Kier molecular flexibility index (Phi) is 4.06. The molecule has 2 aromatic rings. The number of aliphatic hydroxyl groups is 1. The lowest BCUT2D eigenvalue weighted by Crippen LogP contribution is -2.12. The van der Waals surface area contributed by atoms with Crippen LogP contribution in [0.25, 0.3) is 0 Å². The summed E-state index contributed by atoms with van der Waals surface area (Å²) in [5.74, 6) is 0. The fourth-order valence-electron chi connectivity index (χ4n) is 1.91. The summed E-state index contributed by atoms with van der Waals surface area (Å²) in [6, 6.07) is 14.7. The minimum atomic E-state index is -0.0607. The summed E-state index contributed by atoms with van der Waals surface area (Å²) in [4.78, 5) is 1.90. The molecule has 0 heterocycles. The van der Waals surface area contributed by atoms with Crippen LogP contribution in [0.15, 0.2) is 42.5 Å². The van der Waals surface area contributed by atoms with Crippen molar-refractivity contribution >= 4 is 23.0 Å². The Labute approximate surface area is 117 Å². The molecular weight excluding hydrogens is 260 g/mol. The summed E-state index contributed by atoms with van der Waals surface area (Å²) in [6.07, 6.45) is 0. The minimum Gasteiger partial charge on any atom is -0.392 e. The lowest BCUT2D eigenvalue weighted by molar-refractivity contribution is 0.282. The van der Waals surface area contributed by atoms with E-state index in [1.54, 1.807) is 30.3 Å². The summed E-state index contributed by atoms with van der Waals surface area (Å²) < 4.78 is 0. The fraction of sp³-hybridized carbons (Fsp3) is 0.133. The standard InChI is InChI=1S/C15H13ClN2O/c1-18(14-4-2-3-11(7-14)9-17)15-8-13(16)6-5-12(15)10-19/h2-8,19H,10H2,1H3. The Hall–Kier alpha value is -2.02. The van der Waals surface area contributed by atoms with Crippen LogP contribution in [0.1, 0.15) is 11.1 Å². The van der Waals surface area contributed by atoms with Gasteiger partial charge in [-0.05, 0) is 30.3 Å². The SMILES string of the molecule is CN(c1cccc(C#N)c1)c1cc(Cl)ccc1CO. The van der Waals surface area contributed by atoms with Crippen LogP contribution in [0.2, 0.25) is 5.02 Å². The van der Waals surface area contributed by atoms with Crippen LogP contribution in [0.5, 0.6) is 0 Å². The van der Waals surface area contributed by atoms with Crippen LogP contribution < -0.4 is 4.90 Å². The van der Waals surface area contributed by atoms with Crippen LogP contribution in [-0.2, 0) is 6.61 Å². The molecule has 0 aromatic heterocycles. The van der Waals surface area contributed by atoms with E-state index in [-0.39, 0.29) is 6.61 Å². The van der Waals surface area contributed by atoms with Gasteiger partial charge in [0, 0.05) is 29.0 Å². The average Bonchev–Trinajstić information content (AvgIpc) is 2.46. The first kappa shape index (κ1) is 13.4. The first-order chi connectivity index (χ1) is 9.15. The Bertz CT molecular complexity index is 634. The van der Waals surface area contributed by atoms with E-state index in [9.17, 15) is 5.11 Å². The highest BCUT2D eigenvalue weighted by molar-refractivity contribution is 6.30. The van der Waals surface area contributed by atoms with E-state index in [1.165, 1.54) is 0 Å². The molecule has 2 rings (SSSR count). The number of nitriles is 1. The van der Waals surface area contributed by atoms with E-state index in [0.29, 0.717) is 10.6 Å². The van der Waals surface area contributed by atoms with Crippen molar-refractivity contribution < 1.29 is 5.11 Å². The average molecular weight is 273 g/mol. The van der Waals surface area contributed by atoms with Crippen LogP contribution >= 0.6 is 11.6 Å². The smallest absolute Gasteiger partial charge is 0.0992 e. The maximum atomic E-state index is 9.38. The van der Waals surface area contributed by atoms with E-state index >= 15 is 0 Å². The molecule has 2 aromatic carbocycles. The molecule has 0 unspecified atom stereocenters. The summed E-state index contributed by atoms with van der Waals surface area (Å²) in [5.41, 5.74) is 3.08. The van der Waals surface area contributed by atoms with Crippen molar-refractivity contribution in [3.63, 3.8) is 0 Å².